The normalized spacial score (nSPS) is 14.8. The highest BCUT2D eigenvalue weighted by Gasteiger charge is 2.19. The summed E-state index contributed by atoms with van der Waals surface area (Å²) < 4.78 is 0. The van der Waals surface area contributed by atoms with Crippen LogP contribution in [0.2, 0.25) is 0 Å². The van der Waals surface area contributed by atoms with Crippen molar-refractivity contribution in [3.8, 4) is 23.3 Å². The highest BCUT2D eigenvalue weighted by atomic mass is 16.1. The first kappa shape index (κ1) is 16.6. The largest absolute Gasteiger partial charge is 0.384 e. The zero-order valence-electron chi connectivity index (χ0n) is 13.9. The lowest BCUT2D eigenvalue weighted by Gasteiger charge is -2.34. The molecule has 1 fully saturated rings. The Balaban J connectivity index is 2.03. The molecule has 0 radical (unpaired) electrons. The fraction of sp³-hybridized carbons (Fsp3) is 0.278. The Bertz CT molecular complexity index is 924. The molecule has 3 rings (SSSR count). The fourth-order valence-electron chi connectivity index (χ4n) is 3.04. The number of pyridine rings is 1. The van der Waals surface area contributed by atoms with Crippen molar-refractivity contribution in [2.24, 2.45) is 0 Å². The molecule has 25 heavy (non-hydrogen) atoms. The first-order chi connectivity index (χ1) is 12.0. The molecule has 0 saturated carbocycles. The number of aromatic nitrogens is 1. The minimum absolute atomic E-state index is 0.0235. The highest BCUT2D eigenvalue weighted by Crippen LogP contribution is 2.29. The summed E-state index contributed by atoms with van der Waals surface area (Å²) >= 11 is 0. The number of rotatable bonds is 2. The maximum atomic E-state index is 12.0. The zero-order chi connectivity index (χ0) is 18.0. The third-order valence-electron chi connectivity index (χ3n) is 4.49. The predicted octanol–water partition coefficient (Wildman–Crippen LogP) is 1.12. The molecule has 3 N–H and O–H groups in total. The van der Waals surface area contributed by atoms with Gasteiger partial charge in [-0.25, -0.2) is 0 Å². The van der Waals surface area contributed by atoms with E-state index in [1.807, 2.05) is 36.4 Å². The van der Waals surface area contributed by atoms with Gasteiger partial charge in [-0.2, -0.15) is 10.5 Å². The monoisotopic (exact) mass is 334 g/mol. The van der Waals surface area contributed by atoms with Gasteiger partial charge in [0.05, 0.1) is 0 Å². The van der Waals surface area contributed by atoms with Crippen molar-refractivity contribution in [1.29, 1.82) is 10.5 Å². The van der Waals surface area contributed by atoms with Crippen LogP contribution in [-0.4, -0.2) is 43.1 Å². The Morgan fingerprint density at radius 2 is 1.64 bits per heavy atom. The lowest BCUT2D eigenvalue weighted by molar-refractivity contribution is 0.313. The van der Waals surface area contributed by atoms with E-state index in [-0.39, 0.29) is 22.5 Å². The molecule has 7 heteroatoms. The number of nitrogens with zero attached hydrogens (tertiary/aromatic N) is 4. The standard InChI is InChI=1S/C18H18N6O/c1-23-6-8-24(9-7-23)13-4-2-12(3-5-13)16-14(10-19)17(21)22-18(25)15(16)11-20/h2-5H,6-9H2,1H3,(H3,21,22,25). The van der Waals surface area contributed by atoms with Crippen LogP contribution in [0.5, 0.6) is 0 Å². The van der Waals surface area contributed by atoms with E-state index in [0.29, 0.717) is 5.56 Å². The van der Waals surface area contributed by atoms with Gasteiger partial charge >= 0.3 is 0 Å². The van der Waals surface area contributed by atoms with Crippen LogP contribution in [0.25, 0.3) is 11.1 Å². The van der Waals surface area contributed by atoms with E-state index in [0.717, 1.165) is 31.9 Å². The molecule has 1 aliphatic heterocycles. The van der Waals surface area contributed by atoms with Crippen LogP contribution in [0.1, 0.15) is 11.1 Å². The van der Waals surface area contributed by atoms with Gasteiger partial charge in [0.2, 0.25) is 0 Å². The van der Waals surface area contributed by atoms with E-state index in [4.69, 9.17) is 5.73 Å². The smallest absolute Gasteiger partial charge is 0.268 e. The molecule has 1 aromatic carbocycles. The molecule has 0 amide bonds. The highest BCUT2D eigenvalue weighted by molar-refractivity contribution is 5.80. The minimum Gasteiger partial charge on any atom is -0.384 e. The van der Waals surface area contributed by atoms with Gasteiger partial charge in [-0.05, 0) is 24.7 Å². The van der Waals surface area contributed by atoms with E-state index in [9.17, 15) is 15.3 Å². The van der Waals surface area contributed by atoms with Crippen LogP contribution in [0.15, 0.2) is 29.1 Å². The summed E-state index contributed by atoms with van der Waals surface area (Å²) in [6.45, 7) is 3.90. The number of piperazine rings is 1. The van der Waals surface area contributed by atoms with Gasteiger partial charge < -0.3 is 20.5 Å². The number of likely N-dealkylation sites (N-methyl/N-ethyl adjacent to an activating group) is 1. The average molecular weight is 334 g/mol. The van der Waals surface area contributed by atoms with Crippen LogP contribution >= 0.6 is 0 Å². The SMILES string of the molecule is CN1CCN(c2ccc(-c3c(C#N)c(N)[nH]c(=O)c3C#N)cc2)CC1. The summed E-state index contributed by atoms with van der Waals surface area (Å²) in [6.07, 6.45) is 0. The number of nitriles is 2. The number of nitrogens with one attached hydrogen (secondary N) is 1. The summed E-state index contributed by atoms with van der Waals surface area (Å²) in [5.41, 5.74) is 7.17. The number of anilines is 2. The van der Waals surface area contributed by atoms with Crippen molar-refractivity contribution in [3.63, 3.8) is 0 Å². The maximum absolute atomic E-state index is 12.0. The number of aromatic amines is 1. The van der Waals surface area contributed by atoms with Crippen LogP contribution in [-0.2, 0) is 0 Å². The molecule has 1 saturated heterocycles. The third-order valence-corrected chi connectivity index (χ3v) is 4.49. The van der Waals surface area contributed by atoms with Crippen LogP contribution in [0.4, 0.5) is 11.5 Å². The number of H-pyrrole nitrogens is 1. The molecule has 0 spiro atoms. The fourth-order valence-corrected chi connectivity index (χ4v) is 3.04. The Hall–Kier alpha value is -3.29. The first-order valence-corrected chi connectivity index (χ1v) is 7.95. The molecule has 1 aromatic heterocycles. The molecule has 7 nitrogen and oxygen atoms in total. The molecule has 0 bridgehead atoms. The van der Waals surface area contributed by atoms with Crippen molar-refractivity contribution >= 4 is 11.5 Å². The Morgan fingerprint density at radius 3 is 2.20 bits per heavy atom. The Morgan fingerprint density at radius 1 is 1.04 bits per heavy atom. The lowest BCUT2D eigenvalue weighted by Crippen LogP contribution is -2.44. The predicted molar refractivity (Wildman–Crippen MR) is 96.1 cm³/mol. The van der Waals surface area contributed by atoms with E-state index >= 15 is 0 Å². The van der Waals surface area contributed by atoms with Crippen molar-refractivity contribution in [1.82, 2.24) is 9.88 Å². The van der Waals surface area contributed by atoms with Gasteiger partial charge in [0.15, 0.2) is 0 Å². The second-order valence-electron chi connectivity index (χ2n) is 6.05. The number of hydrogen-bond acceptors (Lipinski definition) is 6. The summed E-state index contributed by atoms with van der Waals surface area (Å²) in [5, 5.41) is 18.7. The van der Waals surface area contributed by atoms with E-state index in [1.165, 1.54) is 0 Å². The van der Waals surface area contributed by atoms with Gasteiger partial charge in [-0.3, -0.25) is 4.79 Å². The molecule has 126 valence electrons. The molecule has 1 aliphatic rings. The average Bonchev–Trinajstić information content (AvgIpc) is 2.62. The first-order valence-electron chi connectivity index (χ1n) is 7.95. The number of benzene rings is 1. The van der Waals surface area contributed by atoms with Gasteiger partial charge in [0, 0.05) is 37.4 Å². The third kappa shape index (κ3) is 3.06. The van der Waals surface area contributed by atoms with E-state index in [1.54, 1.807) is 0 Å². The van der Waals surface area contributed by atoms with Crippen LogP contribution in [0, 0.1) is 22.7 Å². The summed E-state index contributed by atoms with van der Waals surface area (Å²) in [6, 6.07) is 11.4. The summed E-state index contributed by atoms with van der Waals surface area (Å²) in [5.74, 6) is -0.0235. The number of nitrogen functional groups attached to an aromatic ring is 1. The van der Waals surface area contributed by atoms with Crippen molar-refractivity contribution in [3.05, 3.63) is 45.7 Å². The second-order valence-corrected chi connectivity index (χ2v) is 6.05. The van der Waals surface area contributed by atoms with Crippen molar-refractivity contribution in [2.75, 3.05) is 43.9 Å². The van der Waals surface area contributed by atoms with Crippen molar-refractivity contribution in [2.45, 2.75) is 0 Å². The van der Waals surface area contributed by atoms with E-state index in [2.05, 4.69) is 21.8 Å². The van der Waals surface area contributed by atoms with E-state index < -0.39 is 5.56 Å². The van der Waals surface area contributed by atoms with Crippen LogP contribution < -0.4 is 16.2 Å². The summed E-state index contributed by atoms with van der Waals surface area (Å²) in [7, 11) is 2.10. The topological polar surface area (TPSA) is 113 Å². The van der Waals surface area contributed by atoms with Gasteiger partial charge in [0.25, 0.3) is 5.56 Å². The van der Waals surface area contributed by atoms with Crippen LogP contribution in [0.3, 0.4) is 0 Å². The quantitative estimate of drug-likeness (QED) is 0.851. The number of nitrogens with two attached hydrogens (primary N) is 1. The van der Waals surface area contributed by atoms with Gasteiger partial charge in [-0.1, -0.05) is 12.1 Å². The van der Waals surface area contributed by atoms with Crippen molar-refractivity contribution < 1.29 is 0 Å². The maximum Gasteiger partial charge on any atom is 0.268 e. The molecule has 2 heterocycles. The Labute approximate surface area is 145 Å². The Kier molecular flexibility index (Phi) is 4.42. The zero-order valence-corrected chi connectivity index (χ0v) is 13.9. The number of hydrogen-bond donors (Lipinski definition) is 2. The molecule has 0 aliphatic carbocycles. The molecular weight excluding hydrogens is 316 g/mol. The molecule has 2 aromatic rings. The molecular formula is C18H18N6O. The van der Waals surface area contributed by atoms with Gasteiger partial charge in [0.1, 0.15) is 29.1 Å². The van der Waals surface area contributed by atoms with Gasteiger partial charge in [-0.15, -0.1) is 0 Å². The minimum atomic E-state index is -0.586. The second kappa shape index (κ2) is 6.68. The molecule has 0 atom stereocenters. The lowest BCUT2D eigenvalue weighted by atomic mass is 9.96. The summed E-state index contributed by atoms with van der Waals surface area (Å²) in [4.78, 5) is 18.9. The molecule has 0 unspecified atom stereocenters.